The molecular formula is C25H36O. The summed E-state index contributed by atoms with van der Waals surface area (Å²) in [4.78, 5) is 0. The maximum atomic E-state index is 2.43. The molecule has 1 unspecified atom stereocenters. The fourth-order valence-electron chi connectivity index (χ4n) is 4.39. The predicted molar refractivity (Wildman–Crippen MR) is 114 cm³/mol. The van der Waals surface area contributed by atoms with Crippen LogP contribution in [0.5, 0.6) is 0 Å². The second-order valence-corrected chi connectivity index (χ2v) is 8.15. The number of rotatable bonds is 6. The second kappa shape index (κ2) is 10.5. The van der Waals surface area contributed by atoms with Crippen molar-refractivity contribution in [3.8, 4) is 0 Å². The molecule has 0 aromatic heterocycles. The van der Waals surface area contributed by atoms with E-state index in [1.807, 2.05) is 0 Å². The Balaban J connectivity index is 0.00000243. The zero-order valence-corrected chi connectivity index (χ0v) is 16.6. The summed E-state index contributed by atoms with van der Waals surface area (Å²) in [5.41, 5.74) is 5.62. The minimum atomic E-state index is 0. The molecule has 26 heavy (non-hydrogen) atoms. The van der Waals surface area contributed by atoms with E-state index in [1.54, 1.807) is 0 Å². The minimum absolute atomic E-state index is 0. The molecule has 142 valence electrons. The van der Waals surface area contributed by atoms with Crippen LogP contribution >= 0.6 is 0 Å². The van der Waals surface area contributed by atoms with E-state index in [2.05, 4.69) is 62.4 Å². The standard InChI is InChI=1S/C25H34.H2O/c1-20(19-24-10-4-3-5-11-24)18-21(2)25-16-14-23(15-17-25)13-12-22-8-6-7-9-22;/h4,10,14-19,22,24H,3,5-9,11-13H2,1-2H3;1H2/b20-19-,21-18+;. The second-order valence-electron chi connectivity index (χ2n) is 8.15. The summed E-state index contributed by atoms with van der Waals surface area (Å²) in [7, 11) is 0. The van der Waals surface area contributed by atoms with E-state index in [0.717, 1.165) is 5.92 Å². The molecule has 0 radical (unpaired) electrons. The highest BCUT2D eigenvalue weighted by molar-refractivity contribution is 5.66. The van der Waals surface area contributed by atoms with Crippen molar-refractivity contribution in [2.75, 3.05) is 0 Å². The number of hydrogen-bond acceptors (Lipinski definition) is 0. The van der Waals surface area contributed by atoms with Crippen molar-refractivity contribution in [1.29, 1.82) is 0 Å². The van der Waals surface area contributed by atoms with Gasteiger partial charge in [0.2, 0.25) is 0 Å². The van der Waals surface area contributed by atoms with Crippen LogP contribution in [-0.4, -0.2) is 5.48 Å². The molecule has 1 fully saturated rings. The zero-order valence-electron chi connectivity index (χ0n) is 16.6. The van der Waals surface area contributed by atoms with Crippen molar-refractivity contribution in [2.45, 2.75) is 71.6 Å². The molecule has 1 aromatic carbocycles. The van der Waals surface area contributed by atoms with Crippen LogP contribution in [0.4, 0.5) is 0 Å². The van der Waals surface area contributed by atoms with Crippen LogP contribution in [0.15, 0.2) is 54.1 Å². The van der Waals surface area contributed by atoms with E-state index < -0.39 is 0 Å². The van der Waals surface area contributed by atoms with Gasteiger partial charge in [0.05, 0.1) is 0 Å². The number of hydrogen-bond donors (Lipinski definition) is 0. The lowest BCUT2D eigenvalue weighted by atomic mass is 9.93. The van der Waals surface area contributed by atoms with Gasteiger partial charge in [-0.2, -0.15) is 0 Å². The lowest BCUT2D eigenvalue weighted by molar-refractivity contribution is 0.504. The lowest BCUT2D eigenvalue weighted by Gasteiger charge is -2.13. The van der Waals surface area contributed by atoms with Gasteiger partial charge in [0.25, 0.3) is 0 Å². The van der Waals surface area contributed by atoms with Crippen LogP contribution in [0.1, 0.15) is 76.3 Å². The molecule has 2 aliphatic rings. The summed E-state index contributed by atoms with van der Waals surface area (Å²) in [6.07, 6.45) is 21.8. The Bertz CT molecular complexity index is 627. The van der Waals surface area contributed by atoms with Gasteiger partial charge >= 0.3 is 0 Å². The van der Waals surface area contributed by atoms with Crippen LogP contribution in [0.3, 0.4) is 0 Å². The van der Waals surface area contributed by atoms with Crippen molar-refractivity contribution in [1.82, 2.24) is 0 Å². The van der Waals surface area contributed by atoms with Crippen LogP contribution in [0, 0.1) is 11.8 Å². The first kappa shape index (κ1) is 20.7. The van der Waals surface area contributed by atoms with Crippen LogP contribution in [0.25, 0.3) is 5.57 Å². The Labute approximate surface area is 160 Å². The van der Waals surface area contributed by atoms with E-state index in [-0.39, 0.29) is 5.48 Å². The molecule has 1 saturated carbocycles. The monoisotopic (exact) mass is 352 g/mol. The number of allylic oxidation sites excluding steroid dienone is 6. The largest absolute Gasteiger partial charge is 0.412 e. The highest BCUT2D eigenvalue weighted by atomic mass is 16.0. The van der Waals surface area contributed by atoms with Gasteiger partial charge < -0.3 is 5.48 Å². The molecule has 1 nitrogen and oxygen atoms in total. The highest BCUT2D eigenvalue weighted by Crippen LogP contribution is 2.29. The van der Waals surface area contributed by atoms with Gasteiger partial charge in [-0.05, 0) is 74.5 Å². The minimum Gasteiger partial charge on any atom is -0.412 e. The number of aryl methyl sites for hydroxylation is 1. The third-order valence-electron chi connectivity index (χ3n) is 5.94. The molecule has 2 N–H and O–H groups in total. The topological polar surface area (TPSA) is 31.5 Å². The zero-order chi connectivity index (χ0) is 17.5. The molecule has 2 aliphatic carbocycles. The lowest BCUT2D eigenvalue weighted by Crippen LogP contribution is -1.97. The quantitative estimate of drug-likeness (QED) is 0.403. The Morgan fingerprint density at radius 1 is 1.00 bits per heavy atom. The maximum absolute atomic E-state index is 2.43. The van der Waals surface area contributed by atoms with E-state index in [9.17, 15) is 0 Å². The average Bonchev–Trinajstić information content (AvgIpc) is 3.14. The molecule has 1 heteroatoms. The van der Waals surface area contributed by atoms with E-state index in [4.69, 9.17) is 0 Å². The third kappa shape index (κ3) is 6.29. The number of benzene rings is 1. The SMILES string of the molecule is CC(=C/C1C=CCCC1)/C=C(\C)c1ccc(CCC2CCCC2)cc1.O. The van der Waals surface area contributed by atoms with Gasteiger partial charge in [0, 0.05) is 0 Å². The van der Waals surface area contributed by atoms with Crippen molar-refractivity contribution in [3.63, 3.8) is 0 Å². The predicted octanol–water partition coefficient (Wildman–Crippen LogP) is 6.69. The first-order valence-electron chi connectivity index (χ1n) is 10.3. The van der Waals surface area contributed by atoms with Crippen LogP contribution in [-0.2, 0) is 6.42 Å². The van der Waals surface area contributed by atoms with Gasteiger partial charge in [-0.3, -0.25) is 0 Å². The fraction of sp³-hybridized carbons (Fsp3) is 0.520. The molecule has 1 atom stereocenters. The molecule has 0 aliphatic heterocycles. The highest BCUT2D eigenvalue weighted by Gasteiger charge is 2.14. The van der Waals surface area contributed by atoms with Crippen molar-refractivity contribution in [2.24, 2.45) is 11.8 Å². The van der Waals surface area contributed by atoms with E-state index >= 15 is 0 Å². The van der Waals surface area contributed by atoms with Gasteiger partial charge in [0.1, 0.15) is 0 Å². The first-order valence-corrected chi connectivity index (χ1v) is 10.3. The Morgan fingerprint density at radius 3 is 2.38 bits per heavy atom. The van der Waals surface area contributed by atoms with E-state index in [1.165, 1.54) is 80.1 Å². The molecule has 0 heterocycles. The van der Waals surface area contributed by atoms with Gasteiger partial charge in [-0.15, -0.1) is 0 Å². The molecule has 0 saturated heterocycles. The third-order valence-corrected chi connectivity index (χ3v) is 5.94. The van der Waals surface area contributed by atoms with Gasteiger partial charge in [-0.25, -0.2) is 0 Å². The van der Waals surface area contributed by atoms with Gasteiger partial charge in [0.15, 0.2) is 0 Å². The first-order chi connectivity index (χ1) is 12.2. The Morgan fingerprint density at radius 2 is 1.73 bits per heavy atom. The smallest absolute Gasteiger partial charge is 0.00477 e. The Hall–Kier alpha value is -1.60. The summed E-state index contributed by atoms with van der Waals surface area (Å²) in [6.45, 7) is 4.48. The van der Waals surface area contributed by atoms with Crippen molar-refractivity contribution < 1.29 is 5.48 Å². The van der Waals surface area contributed by atoms with Crippen LogP contribution < -0.4 is 0 Å². The molecule has 3 rings (SSSR count). The molecule has 0 bridgehead atoms. The average molecular weight is 353 g/mol. The molecule has 1 aromatic rings. The summed E-state index contributed by atoms with van der Waals surface area (Å²) in [5.74, 6) is 1.62. The van der Waals surface area contributed by atoms with E-state index in [0.29, 0.717) is 5.92 Å². The normalized spacial score (nSPS) is 21.7. The van der Waals surface area contributed by atoms with Gasteiger partial charge in [-0.1, -0.05) is 79.8 Å². The summed E-state index contributed by atoms with van der Waals surface area (Å²) >= 11 is 0. The summed E-state index contributed by atoms with van der Waals surface area (Å²) in [6, 6.07) is 9.29. The maximum Gasteiger partial charge on any atom is -0.00477 e. The fourth-order valence-corrected chi connectivity index (χ4v) is 4.39. The van der Waals surface area contributed by atoms with Crippen molar-refractivity contribution >= 4 is 5.57 Å². The molecular weight excluding hydrogens is 316 g/mol. The summed E-state index contributed by atoms with van der Waals surface area (Å²) in [5, 5.41) is 0. The molecule has 0 spiro atoms. The van der Waals surface area contributed by atoms with Crippen molar-refractivity contribution in [3.05, 3.63) is 65.3 Å². The Kier molecular flexibility index (Phi) is 8.38. The van der Waals surface area contributed by atoms with Crippen LogP contribution in [0.2, 0.25) is 0 Å². The molecule has 0 amide bonds. The summed E-state index contributed by atoms with van der Waals surface area (Å²) < 4.78 is 0.